The van der Waals surface area contributed by atoms with Crippen molar-refractivity contribution in [2.24, 2.45) is 20.0 Å². The number of benzene rings is 1. The summed E-state index contributed by atoms with van der Waals surface area (Å²) in [6, 6.07) is 7.99. The molecule has 0 spiro atoms. The van der Waals surface area contributed by atoms with Gasteiger partial charge in [-0.1, -0.05) is 12.1 Å². The minimum Gasteiger partial charge on any atom is -0.349 e. The molecule has 1 aliphatic heterocycles. The molecule has 9 heteroatoms. The van der Waals surface area contributed by atoms with Gasteiger partial charge in [-0.05, 0) is 17.7 Å². The third kappa shape index (κ3) is 4.10. The van der Waals surface area contributed by atoms with Crippen LogP contribution in [0.15, 0.2) is 36.7 Å². The van der Waals surface area contributed by atoms with E-state index < -0.39 is 0 Å². The standard InChI is InChI=1S/C18H22N6O.2ClH/c1-23-11-12(7-21-23)13-8-19-9-14(13)18(25)20-10-17-22-15-5-3-4-6-16(15)24(17)2;;/h3-7,11,13-14,19H,8-10H2,1-2H3,(H,20,25);2*1H/t13-,14+;;/m1../s1. The number of hydrogen-bond donors (Lipinski definition) is 2. The molecule has 2 atom stereocenters. The molecule has 4 rings (SSSR count). The SMILES string of the molecule is Cl.Cl.Cn1cc([C@H]2CNC[C@@H]2C(=O)NCc2nc3ccccc3n2C)cn1. The lowest BCUT2D eigenvalue weighted by atomic mass is 9.90. The molecule has 1 fully saturated rings. The number of carbonyl (C=O) groups excluding carboxylic acids is 1. The lowest BCUT2D eigenvalue weighted by Gasteiger charge is -2.17. The molecule has 1 aliphatic rings. The molecule has 1 aromatic carbocycles. The first-order valence-electron chi connectivity index (χ1n) is 8.51. The maximum atomic E-state index is 12.7. The molecule has 0 radical (unpaired) electrons. The second kappa shape index (κ2) is 8.73. The van der Waals surface area contributed by atoms with Crippen LogP contribution in [0.25, 0.3) is 11.0 Å². The highest BCUT2D eigenvalue weighted by molar-refractivity contribution is 5.85. The predicted octanol–water partition coefficient (Wildman–Crippen LogP) is 1.77. The summed E-state index contributed by atoms with van der Waals surface area (Å²) in [7, 11) is 3.87. The fourth-order valence-corrected chi connectivity index (χ4v) is 3.59. The van der Waals surface area contributed by atoms with Gasteiger partial charge in [-0.15, -0.1) is 24.8 Å². The van der Waals surface area contributed by atoms with E-state index in [0.29, 0.717) is 13.1 Å². The van der Waals surface area contributed by atoms with Gasteiger partial charge in [0.2, 0.25) is 5.91 Å². The Morgan fingerprint density at radius 2 is 2.04 bits per heavy atom. The maximum Gasteiger partial charge on any atom is 0.225 e. The summed E-state index contributed by atoms with van der Waals surface area (Å²) in [5.74, 6) is 0.998. The van der Waals surface area contributed by atoms with Crippen molar-refractivity contribution in [1.82, 2.24) is 30.0 Å². The molecule has 7 nitrogen and oxygen atoms in total. The van der Waals surface area contributed by atoms with Crippen LogP contribution in [0.5, 0.6) is 0 Å². The molecule has 2 aromatic heterocycles. The van der Waals surface area contributed by atoms with Gasteiger partial charge in [0.15, 0.2) is 0 Å². The Balaban J connectivity index is 0.00000131. The highest BCUT2D eigenvalue weighted by Crippen LogP contribution is 2.28. The fourth-order valence-electron chi connectivity index (χ4n) is 3.59. The predicted molar refractivity (Wildman–Crippen MR) is 109 cm³/mol. The summed E-state index contributed by atoms with van der Waals surface area (Å²) in [5, 5.41) is 10.6. The normalized spacial score (nSPS) is 18.7. The van der Waals surface area contributed by atoms with E-state index in [1.807, 2.05) is 55.3 Å². The molecule has 3 aromatic rings. The van der Waals surface area contributed by atoms with Gasteiger partial charge in [0, 0.05) is 39.3 Å². The van der Waals surface area contributed by atoms with Gasteiger partial charge in [-0.2, -0.15) is 5.10 Å². The van der Waals surface area contributed by atoms with Gasteiger partial charge in [0.05, 0.1) is 29.7 Å². The number of hydrogen-bond acceptors (Lipinski definition) is 4. The van der Waals surface area contributed by atoms with Crippen molar-refractivity contribution in [3.63, 3.8) is 0 Å². The summed E-state index contributed by atoms with van der Waals surface area (Å²) >= 11 is 0. The lowest BCUT2D eigenvalue weighted by molar-refractivity contribution is -0.125. The summed E-state index contributed by atoms with van der Waals surface area (Å²) in [4.78, 5) is 17.3. The minimum absolute atomic E-state index is 0. The Hall–Kier alpha value is -2.09. The van der Waals surface area contributed by atoms with Crippen LogP contribution >= 0.6 is 24.8 Å². The Morgan fingerprint density at radius 3 is 2.74 bits per heavy atom. The Labute approximate surface area is 170 Å². The number of aryl methyl sites for hydroxylation is 2. The fraction of sp³-hybridized carbons (Fsp3) is 0.389. The van der Waals surface area contributed by atoms with Gasteiger partial charge < -0.3 is 15.2 Å². The number of nitrogens with one attached hydrogen (secondary N) is 2. The number of para-hydroxylation sites is 2. The van der Waals surface area contributed by atoms with Gasteiger partial charge in [0.25, 0.3) is 0 Å². The first-order valence-corrected chi connectivity index (χ1v) is 8.51. The van der Waals surface area contributed by atoms with Crippen LogP contribution in [0.4, 0.5) is 0 Å². The number of rotatable bonds is 4. The van der Waals surface area contributed by atoms with Crippen LogP contribution in [0.3, 0.4) is 0 Å². The van der Waals surface area contributed by atoms with E-state index in [1.165, 1.54) is 0 Å². The van der Waals surface area contributed by atoms with Crippen LogP contribution in [0, 0.1) is 5.92 Å². The van der Waals surface area contributed by atoms with Gasteiger partial charge in [0.1, 0.15) is 5.82 Å². The Bertz CT molecular complexity index is 922. The number of imidazole rings is 1. The maximum absolute atomic E-state index is 12.7. The molecule has 0 bridgehead atoms. The average Bonchev–Trinajstić information content (AvgIpc) is 3.32. The van der Waals surface area contributed by atoms with E-state index in [1.54, 1.807) is 4.68 Å². The van der Waals surface area contributed by atoms with Gasteiger partial charge in [-0.25, -0.2) is 4.98 Å². The number of aromatic nitrogens is 4. The van der Waals surface area contributed by atoms with Crippen LogP contribution in [0.2, 0.25) is 0 Å². The topological polar surface area (TPSA) is 76.8 Å². The molecular weight excluding hydrogens is 387 g/mol. The number of amides is 1. The number of carbonyl (C=O) groups is 1. The van der Waals surface area contributed by atoms with Crippen LogP contribution in [0.1, 0.15) is 17.3 Å². The molecule has 2 N–H and O–H groups in total. The lowest BCUT2D eigenvalue weighted by Crippen LogP contribution is -2.34. The highest BCUT2D eigenvalue weighted by Gasteiger charge is 2.34. The molecule has 1 amide bonds. The van der Waals surface area contributed by atoms with E-state index in [-0.39, 0.29) is 42.6 Å². The number of halogens is 2. The molecule has 0 unspecified atom stereocenters. The van der Waals surface area contributed by atoms with E-state index in [4.69, 9.17) is 0 Å². The van der Waals surface area contributed by atoms with Crippen LogP contribution in [-0.4, -0.2) is 38.3 Å². The van der Waals surface area contributed by atoms with Crippen LogP contribution < -0.4 is 10.6 Å². The molecule has 146 valence electrons. The second-order valence-electron chi connectivity index (χ2n) is 6.61. The summed E-state index contributed by atoms with van der Waals surface area (Å²) < 4.78 is 3.81. The summed E-state index contributed by atoms with van der Waals surface area (Å²) in [6.07, 6.45) is 3.84. The average molecular weight is 411 g/mol. The monoisotopic (exact) mass is 410 g/mol. The quantitative estimate of drug-likeness (QED) is 0.686. The van der Waals surface area contributed by atoms with Crippen molar-refractivity contribution in [3.8, 4) is 0 Å². The van der Waals surface area contributed by atoms with Crippen molar-refractivity contribution >= 4 is 41.8 Å². The van der Waals surface area contributed by atoms with Gasteiger partial charge in [-0.3, -0.25) is 9.48 Å². The molecule has 3 heterocycles. The van der Waals surface area contributed by atoms with Crippen molar-refractivity contribution < 1.29 is 4.79 Å². The molecule has 0 aliphatic carbocycles. The Morgan fingerprint density at radius 1 is 1.26 bits per heavy atom. The smallest absolute Gasteiger partial charge is 0.225 e. The van der Waals surface area contributed by atoms with Crippen molar-refractivity contribution in [2.45, 2.75) is 12.5 Å². The number of fused-ring (bicyclic) bond motifs is 1. The van der Waals surface area contributed by atoms with Crippen molar-refractivity contribution in [1.29, 1.82) is 0 Å². The van der Waals surface area contributed by atoms with E-state index in [9.17, 15) is 4.79 Å². The molecular formula is C18H24Cl2N6O. The minimum atomic E-state index is -0.0844. The third-order valence-corrected chi connectivity index (χ3v) is 5.00. The molecule has 27 heavy (non-hydrogen) atoms. The zero-order valence-electron chi connectivity index (χ0n) is 15.3. The van der Waals surface area contributed by atoms with Crippen molar-refractivity contribution in [3.05, 3.63) is 48.0 Å². The third-order valence-electron chi connectivity index (χ3n) is 5.00. The second-order valence-corrected chi connectivity index (χ2v) is 6.61. The summed E-state index contributed by atoms with van der Waals surface area (Å²) in [5.41, 5.74) is 3.13. The number of nitrogens with zero attached hydrogens (tertiary/aromatic N) is 4. The van der Waals surface area contributed by atoms with Crippen molar-refractivity contribution in [2.75, 3.05) is 13.1 Å². The zero-order valence-corrected chi connectivity index (χ0v) is 16.9. The van der Waals surface area contributed by atoms with E-state index in [2.05, 4.69) is 20.7 Å². The summed E-state index contributed by atoms with van der Waals surface area (Å²) in [6.45, 7) is 1.92. The van der Waals surface area contributed by atoms with Gasteiger partial charge >= 0.3 is 0 Å². The molecule has 1 saturated heterocycles. The van der Waals surface area contributed by atoms with E-state index >= 15 is 0 Å². The highest BCUT2D eigenvalue weighted by atomic mass is 35.5. The first-order chi connectivity index (χ1) is 12.1. The van der Waals surface area contributed by atoms with E-state index in [0.717, 1.165) is 29.0 Å². The zero-order chi connectivity index (χ0) is 17.4. The molecule has 0 saturated carbocycles. The first kappa shape index (κ1) is 21.2. The van der Waals surface area contributed by atoms with Crippen LogP contribution in [-0.2, 0) is 25.4 Å². The Kier molecular flexibility index (Phi) is 6.86. The largest absolute Gasteiger partial charge is 0.349 e.